The van der Waals surface area contributed by atoms with Crippen LogP contribution in [0.3, 0.4) is 0 Å². The van der Waals surface area contributed by atoms with Crippen molar-refractivity contribution in [2.24, 2.45) is 11.0 Å². The van der Waals surface area contributed by atoms with Crippen LogP contribution in [0.25, 0.3) is 0 Å². The predicted octanol–water partition coefficient (Wildman–Crippen LogP) is 5.37. The summed E-state index contributed by atoms with van der Waals surface area (Å²) in [5, 5.41) is 7.23. The Kier molecular flexibility index (Phi) is 6.26. The zero-order valence-corrected chi connectivity index (χ0v) is 18.8. The van der Waals surface area contributed by atoms with Crippen LogP contribution in [0.2, 0.25) is 5.02 Å². The third-order valence-electron chi connectivity index (χ3n) is 6.37. The summed E-state index contributed by atoms with van der Waals surface area (Å²) in [4.78, 5) is 15.6. The summed E-state index contributed by atoms with van der Waals surface area (Å²) in [6.45, 7) is 8.84. The molecule has 0 spiro atoms. The first-order valence-electron chi connectivity index (χ1n) is 10.9. The minimum Gasteiger partial charge on any atom is -0.294 e. The van der Waals surface area contributed by atoms with Gasteiger partial charge < -0.3 is 0 Å². The third-order valence-corrected chi connectivity index (χ3v) is 6.71. The van der Waals surface area contributed by atoms with Gasteiger partial charge in [-0.3, -0.25) is 9.69 Å². The molecule has 1 fully saturated rings. The maximum absolute atomic E-state index is 13.4. The monoisotopic (exact) mass is 423 g/mol. The number of likely N-dealkylation sites (tertiary alicyclic amines) is 1. The van der Waals surface area contributed by atoms with E-state index in [1.807, 2.05) is 24.3 Å². The van der Waals surface area contributed by atoms with Crippen LogP contribution in [0, 0.1) is 19.8 Å². The summed E-state index contributed by atoms with van der Waals surface area (Å²) in [5.41, 5.74) is 5.41. The minimum atomic E-state index is -0.162. The zero-order valence-electron chi connectivity index (χ0n) is 18.1. The minimum absolute atomic E-state index is 0.0507. The lowest BCUT2D eigenvalue weighted by Gasteiger charge is -2.31. The van der Waals surface area contributed by atoms with Crippen LogP contribution < -0.4 is 0 Å². The average molecular weight is 424 g/mol. The highest BCUT2D eigenvalue weighted by Gasteiger charge is 2.35. The van der Waals surface area contributed by atoms with Crippen LogP contribution in [0.15, 0.2) is 47.6 Å². The van der Waals surface area contributed by atoms with E-state index >= 15 is 0 Å². The van der Waals surface area contributed by atoms with E-state index in [2.05, 4.69) is 43.9 Å². The Morgan fingerprint density at radius 2 is 1.87 bits per heavy atom. The third kappa shape index (κ3) is 4.45. The summed E-state index contributed by atoms with van der Waals surface area (Å²) in [6, 6.07) is 14.0. The molecular formula is C25H30ClN3O. The van der Waals surface area contributed by atoms with Crippen LogP contribution in [-0.4, -0.2) is 41.2 Å². The quantitative estimate of drug-likeness (QED) is 0.663. The van der Waals surface area contributed by atoms with Crippen molar-refractivity contribution in [1.82, 2.24) is 9.91 Å². The molecule has 2 heterocycles. The molecule has 30 heavy (non-hydrogen) atoms. The Morgan fingerprint density at radius 3 is 2.60 bits per heavy atom. The van der Waals surface area contributed by atoms with Gasteiger partial charge in [0.25, 0.3) is 5.91 Å². The highest BCUT2D eigenvalue weighted by atomic mass is 35.5. The normalized spacial score (nSPS) is 20.5. The van der Waals surface area contributed by atoms with E-state index in [0.29, 0.717) is 18.0 Å². The Morgan fingerprint density at radius 1 is 1.13 bits per heavy atom. The molecule has 1 amide bonds. The topological polar surface area (TPSA) is 35.9 Å². The highest BCUT2D eigenvalue weighted by molar-refractivity contribution is 6.31. The lowest BCUT2D eigenvalue weighted by atomic mass is 9.95. The summed E-state index contributed by atoms with van der Waals surface area (Å²) >= 11 is 6.53. The number of amides is 1. The Balaban J connectivity index is 1.63. The molecule has 0 saturated carbocycles. The molecule has 0 aliphatic carbocycles. The molecule has 2 aliphatic rings. The number of halogens is 1. The van der Waals surface area contributed by atoms with E-state index in [9.17, 15) is 4.79 Å². The van der Waals surface area contributed by atoms with Crippen LogP contribution in [0.5, 0.6) is 0 Å². The summed E-state index contributed by atoms with van der Waals surface area (Å²) in [6.07, 6.45) is 2.98. The molecule has 4 rings (SSSR count). The van der Waals surface area contributed by atoms with Crippen LogP contribution in [0.1, 0.15) is 54.5 Å². The van der Waals surface area contributed by atoms with Crippen molar-refractivity contribution in [2.45, 2.75) is 46.1 Å². The molecule has 1 saturated heterocycles. The fraction of sp³-hybridized carbons (Fsp3) is 0.440. The Bertz CT molecular complexity index is 963. The fourth-order valence-electron chi connectivity index (χ4n) is 4.42. The number of nitrogens with zero attached hydrogens (tertiary/aromatic N) is 3. The Labute approximate surface area is 184 Å². The summed E-state index contributed by atoms with van der Waals surface area (Å²) in [7, 11) is 0. The lowest BCUT2D eigenvalue weighted by molar-refractivity contribution is -0.134. The summed E-state index contributed by atoms with van der Waals surface area (Å²) in [5.74, 6) is 0.794. The fourth-order valence-corrected chi connectivity index (χ4v) is 4.68. The number of hydrazone groups is 1. The van der Waals surface area contributed by atoms with Crippen molar-refractivity contribution >= 4 is 23.2 Å². The molecule has 0 aromatic heterocycles. The number of benzene rings is 2. The number of carbonyl (C=O) groups is 1. The number of aryl methyl sites for hydroxylation is 2. The van der Waals surface area contributed by atoms with E-state index in [-0.39, 0.29) is 11.9 Å². The molecule has 5 heteroatoms. The maximum atomic E-state index is 13.4. The molecule has 0 N–H and O–H groups in total. The first kappa shape index (κ1) is 21.1. The summed E-state index contributed by atoms with van der Waals surface area (Å²) < 4.78 is 0. The van der Waals surface area contributed by atoms with Crippen molar-refractivity contribution in [3.63, 3.8) is 0 Å². The highest BCUT2D eigenvalue weighted by Crippen LogP contribution is 2.37. The van der Waals surface area contributed by atoms with Crippen LogP contribution >= 0.6 is 11.6 Å². The van der Waals surface area contributed by atoms with Crippen molar-refractivity contribution in [3.05, 3.63) is 69.7 Å². The number of hydrogen-bond acceptors (Lipinski definition) is 3. The van der Waals surface area contributed by atoms with Gasteiger partial charge in [-0.25, -0.2) is 5.01 Å². The second-order valence-corrected chi connectivity index (χ2v) is 9.21. The molecule has 0 radical (unpaired) electrons. The molecule has 2 aromatic carbocycles. The average Bonchev–Trinajstić information content (AvgIpc) is 3.17. The van der Waals surface area contributed by atoms with E-state index in [1.54, 1.807) is 5.01 Å². The zero-order chi connectivity index (χ0) is 21.3. The largest absolute Gasteiger partial charge is 0.294 e. The van der Waals surface area contributed by atoms with Gasteiger partial charge in [-0.2, -0.15) is 5.10 Å². The molecule has 0 bridgehead atoms. The maximum Gasteiger partial charge on any atom is 0.257 e. The van der Waals surface area contributed by atoms with Crippen molar-refractivity contribution in [3.8, 4) is 0 Å². The first-order valence-corrected chi connectivity index (χ1v) is 11.2. The van der Waals surface area contributed by atoms with E-state index < -0.39 is 0 Å². The van der Waals surface area contributed by atoms with Gasteiger partial charge in [0, 0.05) is 17.0 Å². The molecule has 4 nitrogen and oxygen atoms in total. The van der Waals surface area contributed by atoms with Gasteiger partial charge in [0.15, 0.2) is 0 Å². The van der Waals surface area contributed by atoms with Crippen LogP contribution in [-0.2, 0) is 4.79 Å². The molecule has 0 unspecified atom stereocenters. The van der Waals surface area contributed by atoms with Gasteiger partial charge in [0.05, 0.1) is 18.3 Å². The number of piperidine rings is 1. The van der Waals surface area contributed by atoms with Crippen molar-refractivity contribution in [1.29, 1.82) is 0 Å². The Hall–Kier alpha value is -2.17. The molecular weight excluding hydrogens is 394 g/mol. The van der Waals surface area contributed by atoms with Gasteiger partial charge in [-0.15, -0.1) is 0 Å². The number of hydrogen-bond donors (Lipinski definition) is 0. The van der Waals surface area contributed by atoms with E-state index in [4.69, 9.17) is 16.7 Å². The van der Waals surface area contributed by atoms with Gasteiger partial charge >= 0.3 is 0 Å². The van der Waals surface area contributed by atoms with Gasteiger partial charge in [0.2, 0.25) is 0 Å². The smallest absolute Gasteiger partial charge is 0.257 e. The van der Waals surface area contributed by atoms with Crippen molar-refractivity contribution in [2.75, 3.05) is 19.6 Å². The van der Waals surface area contributed by atoms with Gasteiger partial charge in [-0.05, 0) is 69.0 Å². The van der Waals surface area contributed by atoms with Gasteiger partial charge in [-0.1, -0.05) is 54.4 Å². The molecule has 158 valence electrons. The van der Waals surface area contributed by atoms with Crippen LogP contribution in [0.4, 0.5) is 0 Å². The lowest BCUT2D eigenvalue weighted by Crippen LogP contribution is -2.41. The van der Waals surface area contributed by atoms with E-state index in [0.717, 1.165) is 48.7 Å². The molecule has 2 aliphatic heterocycles. The number of rotatable bonds is 4. The first-order chi connectivity index (χ1) is 14.4. The predicted molar refractivity (Wildman–Crippen MR) is 123 cm³/mol. The second kappa shape index (κ2) is 8.91. The standard InChI is InChI=1S/C25H30ClN3O/c1-17-10-12-28(13-11-17)16-25(30)29-24(20-6-4-5-7-22(20)26)15-23(27-29)21-14-18(2)8-9-19(21)3/h4-9,14,17,24H,10-13,15-16H2,1-3H3/t24-/m1/s1. The molecule has 2 aromatic rings. The SMILES string of the molecule is Cc1ccc(C)c(C2=NN(C(=O)CN3CCC(C)CC3)[C@@H](c3ccccc3Cl)C2)c1. The second-order valence-electron chi connectivity index (χ2n) is 8.80. The van der Waals surface area contributed by atoms with Crippen molar-refractivity contribution < 1.29 is 4.79 Å². The number of carbonyl (C=O) groups excluding carboxylic acids is 1. The van der Waals surface area contributed by atoms with Gasteiger partial charge in [0.1, 0.15) is 0 Å². The van der Waals surface area contributed by atoms with E-state index in [1.165, 1.54) is 11.1 Å². The molecule has 1 atom stereocenters.